The lowest BCUT2D eigenvalue weighted by molar-refractivity contribution is -0.141. The first kappa shape index (κ1) is 16.0. The number of nitriles is 1. The second-order valence-corrected chi connectivity index (χ2v) is 5.57. The predicted molar refractivity (Wildman–Crippen MR) is 75.8 cm³/mol. The third-order valence-corrected chi connectivity index (χ3v) is 3.71. The van der Waals surface area contributed by atoms with Gasteiger partial charge >= 0.3 is 6.18 Å². The minimum absolute atomic E-state index is 0.00720. The van der Waals surface area contributed by atoms with Crippen LogP contribution in [0.25, 0.3) is 0 Å². The van der Waals surface area contributed by atoms with Gasteiger partial charge in [0.2, 0.25) is 5.91 Å². The Morgan fingerprint density at radius 2 is 2.21 bits per heavy atom. The average Bonchev–Trinajstić information content (AvgIpc) is 3.16. The van der Waals surface area contributed by atoms with Gasteiger partial charge in [-0.2, -0.15) is 28.6 Å². The predicted octanol–water partition coefficient (Wildman–Crippen LogP) is 2.02. The van der Waals surface area contributed by atoms with Crippen molar-refractivity contribution in [3.05, 3.63) is 29.2 Å². The molecule has 2 heterocycles. The van der Waals surface area contributed by atoms with Crippen LogP contribution in [0, 0.1) is 11.3 Å². The Labute approximate surface area is 134 Å². The summed E-state index contributed by atoms with van der Waals surface area (Å²) in [6.07, 6.45) is -1.70. The van der Waals surface area contributed by atoms with Gasteiger partial charge in [-0.05, 0) is 18.9 Å². The fraction of sp³-hybridized carbons (Fsp3) is 0.429. The van der Waals surface area contributed by atoms with Gasteiger partial charge in [0.1, 0.15) is 24.0 Å². The van der Waals surface area contributed by atoms with Gasteiger partial charge in [-0.25, -0.2) is 0 Å². The summed E-state index contributed by atoms with van der Waals surface area (Å²) >= 11 is 0. The van der Waals surface area contributed by atoms with E-state index < -0.39 is 17.8 Å². The van der Waals surface area contributed by atoms with E-state index in [1.807, 2.05) is 6.07 Å². The second kappa shape index (κ2) is 5.67. The van der Waals surface area contributed by atoms with Crippen LogP contribution in [-0.2, 0) is 24.6 Å². The van der Waals surface area contributed by atoms with Gasteiger partial charge in [0.05, 0.1) is 6.20 Å². The van der Waals surface area contributed by atoms with Crippen molar-refractivity contribution in [1.29, 1.82) is 5.26 Å². The largest absolute Gasteiger partial charge is 0.435 e. The molecule has 0 spiro atoms. The van der Waals surface area contributed by atoms with Crippen molar-refractivity contribution in [2.45, 2.75) is 31.5 Å². The highest BCUT2D eigenvalue weighted by molar-refractivity contribution is 5.90. The maximum atomic E-state index is 12.8. The SMILES string of the molecule is Cn1ncc(C#N)c1NC(=O)Cn1nc(C(F)(F)F)cc1C1CC1. The summed E-state index contributed by atoms with van der Waals surface area (Å²) in [4.78, 5) is 12.2. The number of carbonyl (C=O) groups is 1. The second-order valence-electron chi connectivity index (χ2n) is 5.57. The number of halogens is 3. The lowest BCUT2D eigenvalue weighted by Crippen LogP contribution is -2.23. The molecule has 0 atom stereocenters. The monoisotopic (exact) mass is 338 g/mol. The van der Waals surface area contributed by atoms with Crippen molar-refractivity contribution in [1.82, 2.24) is 19.6 Å². The molecule has 0 aliphatic heterocycles. The summed E-state index contributed by atoms with van der Waals surface area (Å²) in [5.74, 6) is -0.375. The minimum Gasteiger partial charge on any atom is -0.308 e. The summed E-state index contributed by atoms with van der Waals surface area (Å²) in [7, 11) is 1.54. The van der Waals surface area contributed by atoms with Crippen LogP contribution in [0.15, 0.2) is 12.3 Å². The standard InChI is InChI=1S/C14H13F3N6O/c1-22-13(9(5-18)6-19-22)20-12(24)7-23-10(8-2-3-8)4-11(21-23)14(15,16)17/h4,6,8H,2-3,7H2,1H3,(H,20,24). The molecule has 10 heteroatoms. The number of amides is 1. The topological polar surface area (TPSA) is 88.5 Å². The molecular weight excluding hydrogens is 325 g/mol. The molecule has 2 aromatic heterocycles. The molecule has 3 rings (SSSR count). The molecule has 0 aromatic carbocycles. The van der Waals surface area contributed by atoms with Crippen LogP contribution < -0.4 is 5.32 Å². The molecule has 24 heavy (non-hydrogen) atoms. The number of nitrogens with zero attached hydrogens (tertiary/aromatic N) is 5. The van der Waals surface area contributed by atoms with E-state index in [1.54, 1.807) is 7.05 Å². The highest BCUT2D eigenvalue weighted by atomic mass is 19.4. The first-order valence-electron chi connectivity index (χ1n) is 7.16. The molecule has 126 valence electrons. The molecule has 0 unspecified atom stereocenters. The third-order valence-electron chi connectivity index (χ3n) is 3.71. The zero-order valence-electron chi connectivity index (χ0n) is 12.6. The molecular formula is C14H13F3N6O. The van der Waals surface area contributed by atoms with Crippen LogP contribution in [0.3, 0.4) is 0 Å². The minimum atomic E-state index is -4.55. The lowest BCUT2D eigenvalue weighted by Gasteiger charge is -2.08. The number of nitrogens with one attached hydrogen (secondary N) is 1. The van der Waals surface area contributed by atoms with Gasteiger partial charge in [0.15, 0.2) is 5.69 Å². The summed E-state index contributed by atoms with van der Waals surface area (Å²) in [6.45, 7) is -0.363. The van der Waals surface area contributed by atoms with Crippen LogP contribution in [0.4, 0.5) is 19.0 Å². The van der Waals surface area contributed by atoms with Crippen molar-refractivity contribution in [3.63, 3.8) is 0 Å². The molecule has 7 nitrogen and oxygen atoms in total. The van der Waals surface area contributed by atoms with Crippen molar-refractivity contribution in [3.8, 4) is 6.07 Å². The maximum absolute atomic E-state index is 12.8. The van der Waals surface area contributed by atoms with Crippen LogP contribution in [0.2, 0.25) is 0 Å². The molecule has 1 saturated carbocycles. The van der Waals surface area contributed by atoms with Gasteiger partial charge < -0.3 is 5.32 Å². The van der Waals surface area contributed by atoms with E-state index >= 15 is 0 Å². The Morgan fingerprint density at radius 3 is 2.79 bits per heavy atom. The van der Waals surface area contributed by atoms with Crippen LogP contribution in [-0.4, -0.2) is 25.5 Å². The summed E-state index contributed by atoms with van der Waals surface area (Å²) in [5, 5.41) is 18.8. The van der Waals surface area contributed by atoms with Gasteiger partial charge in [0.25, 0.3) is 0 Å². The Hall–Kier alpha value is -2.83. The van der Waals surface area contributed by atoms with E-state index in [1.165, 1.54) is 10.9 Å². The Bertz CT molecular complexity index is 825. The zero-order valence-corrected chi connectivity index (χ0v) is 12.6. The fourth-order valence-corrected chi connectivity index (χ4v) is 2.38. The molecule has 0 bridgehead atoms. The Kier molecular flexibility index (Phi) is 3.79. The zero-order chi connectivity index (χ0) is 17.5. The molecule has 0 radical (unpaired) electrons. The maximum Gasteiger partial charge on any atom is 0.435 e. The molecule has 2 aromatic rings. The Morgan fingerprint density at radius 1 is 1.50 bits per heavy atom. The first-order chi connectivity index (χ1) is 11.3. The van der Waals surface area contributed by atoms with E-state index in [0.717, 1.165) is 23.6 Å². The van der Waals surface area contributed by atoms with Gasteiger partial charge in [-0.3, -0.25) is 14.2 Å². The third kappa shape index (κ3) is 3.10. The number of aromatic nitrogens is 4. The molecule has 1 N–H and O–H groups in total. The highest BCUT2D eigenvalue weighted by Crippen LogP contribution is 2.42. The van der Waals surface area contributed by atoms with Crippen molar-refractivity contribution in [2.24, 2.45) is 7.05 Å². The number of rotatable bonds is 4. The smallest absolute Gasteiger partial charge is 0.308 e. The van der Waals surface area contributed by atoms with E-state index in [-0.39, 0.29) is 23.8 Å². The van der Waals surface area contributed by atoms with Crippen LogP contribution in [0.5, 0.6) is 0 Å². The van der Waals surface area contributed by atoms with Crippen molar-refractivity contribution < 1.29 is 18.0 Å². The van der Waals surface area contributed by atoms with Gasteiger partial charge in [-0.1, -0.05) is 0 Å². The quantitative estimate of drug-likeness (QED) is 0.924. The number of alkyl halides is 3. The molecule has 1 aliphatic carbocycles. The van der Waals surface area contributed by atoms with Crippen molar-refractivity contribution in [2.75, 3.05) is 5.32 Å². The lowest BCUT2D eigenvalue weighted by atomic mass is 10.2. The number of aryl methyl sites for hydroxylation is 1. The average molecular weight is 338 g/mol. The van der Waals surface area contributed by atoms with E-state index in [2.05, 4.69) is 15.5 Å². The van der Waals surface area contributed by atoms with E-state index in [9.17, 15) is 18.0 Å². The first-order valence-corrected chi connectivity index (χ1v) is 7.16. The van der Waals surface area contributed by atoms with Crippen LogP contribution in [0.1, 0.15) is 35.7 Å². The fourth-order valence-electron chi connectivity index (χ4n) is 2.38. The number of hydrogen-bond acceptors (Lipinski definition) is 4. The van der Waals surface area contributed by atoms with Gasteiger partial charge in [0, 0.05) is 18.7 Å². The van der Waals surface area contributed by atoms with Crippen LogP contribution >= 0.6 is 0 Å². The Balaban J connectivity index is 1.80. The normalized spacial score (nSPS) is 14.5. The van der Waals surface area contributed by atoms with E-state index in [0.29, 0.717) is 5.69 Å². The summed E-state index contributed by atoms with van der Waals surface area (Å²) in [5.41, 5.74) is -0.428. The molecule has 1 amide bonds. The summed E-state index contributed by atoms with van der Waals surface area (Å²) < 4.78 is 40.9. The molecule has 0 saturated heterocycles. The summed E-state index contributed by atoms with van der Waals surface area (Å²) in [6, 6.07) is 2.88. The van der Waals surface area contributed by atoms with E-state index in [4.69, 9.17) is 5.26 Å². The highest BCUT2D eigenvalue weighted by Gasteiger charge is 2.38. The van der Waals surface area contributed by atoms with Gasteiger partial charge in [-0.15, -0.1) is 0 Å². The number of hydrogen-bond donors (Lipinski definition) is 1. The van der Waals surface area contributed by atoms with Crippen molar-refractivity contribution >= 4 is 11.7 Å². The molecule has 1 fully saturated rings. The molecule has 1 aliphatic rings. The number of carbonyl (C=O) groups excluding carboxylic acids is 1. The number of anilines is 1.